The number of carbonyl (C=O) groups excluding carboxylic acids is 1. The van der Waals surface area contributed by atoms with Gasteiger partial charge >= 0.3 is 0 Å². The van der Waals surface area contributed by atoms with E-state index in [9.17, 15) is 4.79 Å². The molecule has 0 spiro atoms. The Balaban J connectivity index is 1.24. The standard InChI is InChI=1S/C22H26BrN5O/c23-17-4-6-18(7-5-17)27-11-9-26(10-12-27)15-16-13-19-21(24-14-16)28-8-2-1-3-20(28)22(29)25-19/h4-7,13-14,20H,1-3,8-12,15H2,(H,25,29). The Bertz CT molecular complexity index is 895. The lowest BCUT2D eigenvalue weighted by atomic mass is 9.99. The van der Waals surface area contributed by atoms with Gasteiger partial charge in [0.15, 0.2) is 5.82 Å². The van der Waals surface area contributed by atoms with Crippen molar-refractivity contribution < 1.29 is 4.79 Å². The van der Waals surface area contributed by atoms with Crippen LogP contribution in [0, 0.1) is 0 Å². The van der Waals surface area contributed by atoms with E-state index in [-0.39, 0.29) is 11.9 Å². The van der Waals surface area contributed by atoms with Crippen molar-refractivity contribution >= 4 is 39.0 Å². The van der Waals surface area contributed by atoms with Gasteiger partial charge in [-0.1, -0.05) is 15.9 Å². The monoisotopic (exact) mass is 455 g/mol. The number of anilines is 3. The third kappa shape index (κ3) is 3.85. The van der Waals surface area contributed by atoms with Gasteiger partial charge in [-0.2, -0.15) is 0 Å². The second-order valence-electron chi connectivity index (χ2n) is 8.15. The summed E-state index contributed by atoms with van der Waals surface area (Å²) in [6.45, 7) is 5.88. The van der Waals surface area contributed by atoms with Crippen molar-refractivity contribution in [3.8, 4) is 0 Å². The second-order valence-corrected chi connectivity index (χ2v) is 9.06. The van der Waals surface area contributed by atoms with Gasteiger partial charge in [0.1, 0.15) is 6.04 Å². The molecule has 29 heavy (non-hydrogen) atoms. The predicted molar refractivity (Wildman–Crippen MR) is 119 cm³/mol. The molecule has 1 N–H and O–H groups in total. The van der Waals surface area contributed by atoms with Gasteiger partial charge in [0.2, 0.25) is 5.91 Å². The molecule has 152 valence electrons. The minimum atomic E-state index is -0.0405. The van der Waals surface area contributed by atoms with E-state index in [4.69, 9.17) is 4.98 Å². The van der Waals surface area contributed by atoms with Gasteiger partial charge in [-0.25, -0.2) is 4.98 Å². The van der Waals surface area contributed by atoms with Gasteiger partial charge in [-0.15, -0.1) is 0 Å². The van der Waals surface area contributed by atoms with Crippen LogP contribution >= 0.6 is 15.9 Å². The SMILES string of the molecule is O=C1Nc2cc(CN3CCN(c4ccc(Br)cc4)CC3)cnc2N2CCCCC12. The Kier molecular flexibility index (Phi) is 5.18. The van der Waals surface area contributed by atoms with Crippen molar-refractivity contribution in [2.75, 3.05) is 47.8 Å². The van der Waals surface area contributed by atoms with Crippen LogP contribution < -0.4 is 15.1 Å². The molecule has 2 saturated heterocycles. The topological polar surface area (TPSA) is 51.7 Å². The zero-order valence-corrected chi connectivity index (χ0v) is 18.1. The van der Waals surface area contributed by atoms with E-state index in [1.807, 2.05) is 6.20 Å². The second kappa shape index (κ2) is 7.95. The molecule has 3 aliphatic heterocycles. The van der Waals surface area contributed by atoms with Gasteiger partial charge in [0, 0.05) is 55.6 Å². The quantitative estimate of drug-likeness (QED) is 0.767. The number of benzene rings is 1. The van der Waals surface area contributed by atoms with Crippen LogP contribution in [0.2, 0.25) is 0 Å². The first kappa shape index (κ1) is 18.9. The van der Waals surface area contributed by atoms with Crippen molar-refractivity contribution in [2.24, 2.45) is 0 Å². The molecule has 6 nitrogen and oxygen atoms in total. The Labute approximate surface area is 180 Å². The van der Waals surface area contributed by atoms with Gasteiger partial charge in [0.25, 0.3) is 0 Å². The summed E-state index contributed by atoms with van der Waals surface area (Å²) in [5.74, 6) is 1.07. The highest BCUT2D eigenvalue weighted by Gasteiger charge is 2.35. The van der Waals surface area contributed by atoms with Crippen molar-refractivity contribution in [3.05, 3.63) is 46.6 Å². The molecule has 7 heteroatoms. The number of nitrogens with zero attached hydrogens (tertiary/aromatic N) is 4. The molecule has 5 rings (SSSR count). The van der Waals surface area contributed by atoms with E-state index < -0.39 is 0 Å². The Morgan fingerprint density at radius 2 is 1.86 bits per heavy atom. The number of carbonyl (C=O) groups is 1. The molecule has 3 aliphatic rings. The first-order valence-electron chi connectivity index (χ1n) is 10.5. The van der Waals surface area contributed by atoms with Crippen LogP contribution in [0.5, 0.6) is 0 Å². The third-order valence-corrected chi connectivity index (χ3v) is 6.76. The van der Waals surface area contributed by atoms with Gasteiger partial charge in [-0.3, -0.25) is 9.69 Å². The normalized spacial score (nSPS) is 22.1. The number of hydrogen-bond acceptors (Lipinski definition) is 5. The fourth-order valence-electron chi connectivity index (χ4n) is 4.66. The van der Waals surface area contributed by atoms with E-state index in [0.29, 0.717) is 0 Å². The van der Waals surface area contributed by atoms with E-state index >= 15 is 0 Å². The van der Waals surface area contributed by atoms with Crippen LogP contribution in [-0.2, 0) is 11.3 Å². The average Bonchev–Trinajstić information content (AvgIpc) is 2.75. The summed E-state index contributed by atoms with van der Waals surface area (Å²) in [6, 6.07) is 10.6. The third-order valence-electron chi connectivity index (χ3n) is 6.23. The van der Waals surface area contributed by atoms with Crippen LogP contribution in [0.3, 0.4) is 0 Å². The molecule has 1 aromatic heterocycles. The highest BCUT2D eigenvalue weighted by atomic mass is 79.9. The first-order chi connectivity index (χ1) is 14.2. The number of amides is 1. The van der Waals surface area contributed by atoms with E-state index in [0.717, 1.165) is 80.1 Å². The lowest BCUT2D eigenvalue weighted by molar-refractivity contribution is -0.118. The van der Waals surface area contributed by atoms with Crippen molar-refractivity contribution in [1.29, 1.82) is 0 Å². The molecule has 1 unspecified atom stereocenters. The molecular weight excluding hydrogens is 430 g/mol. The zero-order valence-electron chi connectivity index (χ0n) is 16.5. The summed E-state index contributed by atoms with van der Waals surface area (Å²) in [5, 5.41) is 3.10. The summed E-state index contributed by atoms with van der Waals surface area (Å²) in [6.07, 6.45) is 5.17. The number of rotatable bonds is 3. The summed E-state index contributed by atoms with van der Waals surface area (Å²) in [4.78, 5) is 24.3. The molecule has 0 radical (unpaired) electrons. The molecule has 0 aliphatic carbocycles. The van der Waals surface area contributed by atoms with Crippen molar-refractivity contribution in [1.82, 2.24) is 9.88 Å². The van der Waals surface area contributed by atoms with Crippen molar-refractivity contribution in [3.63, 3.8) is 0 Å². The molecule has 2 aromatic rings. The van der Waals surface area contributed by atoms with E-state index in [1.165, 1.54) is 5.69 Å². The number of aromatic nitrogens is 1. The zero-order chi connectivity index (χ0) is 19.8. The summed E-state index contributed by atoms with van der Waals surface area (Å²) < 4.78 is 1.11. The molecule has 1 aromatic carbocycles. The first-order valence-corrected chi connectivity index (χ1v) is 11.3. The van der Waals surface area contributed by atoms with Gasteiger partial charge in [-0.05, 0) is 55.2 Å². The average molecular weight is 456 g/mol. The van der Waals surface area contributed by atoms with Crippen LogP contribution in [0.15, 0.2) is 41.0 Å². The maximum Gasteiger partial charge on any atom is 0.247 e. The number of fused-ring (bicyclic) bond motifs is 3. The predicted octanol–water partition coefficient (Wildman–Crippen LogP) is 3.48. The van der Waals surface area contributed by atoms with Crippen LogP contribution in [-0.4, -0.2) is 54.6 Å². The van der Waals surface area contributed by atoms with E-state index in [1.54, 1.807) is 0 Å². The lowest BCUT2D eigenvalue weighted by Gasteiger charge is -2.40. The summed E-state index contributed by atoms with van der Waals surface area (Å²) in [7, 11) is 0. The number of piperidine rings is 1. The van der Waals surface area contributed by atoms with Crippen LogP contribution in [0.25, 0.3) is 0 Å². The fourth-order valence-corrected chi connectivity index (χ4v) is 4.92. The van der Waals surface area contributed by atoms with Gasteiger partial charge < -0.3 is 15.1 Å². The Hall–Kier alpha value is -2.12. The summed E-state index contributed by atoms with van der Waals surface area (Å²) in [5.41, 5.74) is 3.32. The Morgan fingerprint density at radius 1 is 1.07 bits per heavy atom. The van der Waals surface area contributed by atoms with E-state index in [2.05, 4.69) is 66.3 Å². The lowest BCUT2D eigenvalue weighted by Crippen LogP contribution is -2.51. The minimum Gasteiger partial charge on any atom is -0.369 e. The number of halogens is 1. The maximum absolute atomic E-state index is 12.5. The number of nitrogens with one attached hydrogen (secondary N) is 1. The van der Waals surface area contributed by atoms with Gasteiger partial charge in [0.05, 0.1) is 5.69 Å². The Morgan fingerprint density at radius 3 is 2.66 bits per heavy atom. The molecule has 0 bridgehead atoms. The van der Waals surface area contributed by atoms with Crippen molar-refractivity contribution in [2.45, 2.75) is 31.8 Å². The maximum atomic E-state index is 12.5. The highest BCUT2D eigenvalue weighted by molar-refractivity contribution is 9.10. The van der Waals surface area contributed by atoms with Crippen LogP contribution in [0.4, 0.5) is 17.2 Å². The summed E-state index contributed by atoms with van der Waals surface area (Å²) >= 11 is 3.50. The number of pyridine rings is 1. The molecule has 0 saturated carbocycles. The number of piperazine rings is 1. The molecular formula is C22H26BrN5O. The van der Waals surface area contributed by atoms with Crippen LogP contribution in [0.1, 0.15) is 24.8 Å². The molecule has 2 fully saturated rings. The smallest absolute Gasteiger partial charge is 0.247 e. The molecule has 4 heterocycles. The molecule has 1 atom stereocenters. The fraction of sp³-hybridized carbons (Fsp3) is 0.455. The molecule has 1 amide bonds. The number of hydrogen-bond donors (Lipinski definition) is 1. The highest BCUT2D eigenvalue weighted by Crippen LogP contribution is 2.34. The minimum absolute atomic E-state index is 0.0405. The largest absolute Gasteiger partial charge is 0.369 e.